The van der Waals surface area contributed by atoms with Crippen LogP contribution < -0.4 is 5.32 Å². The van der Waals surface area contributed by atoms with Crippen LogP contribution in [0.2, 0.25) is 5.02 Å². The normalized spacial score (nSPS) is 13.6. The summed E-state index contributed by atoms with van der Waals surface area (Å²) in [5.41, 5.74) is 0.00460. The summed E-state index contributed by atoms with van der Waals surface area (Å²) >= 11 is 5.60. The highest BCUT2D eigenvalue weighted by atomic mass is 35.5. The molecule has 0 radical (unpaired) electrons. The third-order valence-electron chi connectivity index (χ3n) is 1.79. The van der Waals surface area contributed by atoms with Crippen LogP contribution in [0.15, 0.2) is 18.2 Å². The molecule has 0 fully saturated rings. The fraction of sp³-hybridized carbons (Fsp3) is 0.333. The minimum atomic E-state index is -4.72. The quantitative estimate of drug-likeness (QED) is 0.816. The lowest BCUT2D eigenvalue weighted by Crippen LogP contribution is -2.35. The average Bonchev–Trinajstić information content (AvgIpc) is 2.17. The molecule has 2 N–H and O–H groups in total. The van der Waals surface area contributed by atoms with E-state index in [4.69, 9.17) is 16.7 Å². The fourth-order valence-corrected chi connectivity index (χ4v) is 1.14. The maximum atomic E-state index is 12.7. The lowest BCUT2D eigenvalue weighted by Gasteiger charge is -2.16. The summed E-state index contributed by atoms with van der Waals surface area (Å²) in [7, 11) is 0. The zero-order valence-electron chi connectivity index (χ0n) is 7.85. The standard InChI is InChI=1S/C9H8ClF4NO/c10-6-2-1-5(11)3-7(6)15-4-8(16)9(12,13)14/h1-3,8,15-16H,4H2. The van der Waals surface area contributed by atoms with Gasteiger partial charge in [-0.15, -0.1) is 0 Å². The number of hydrogen-bond donors (Lipinski definition) is 2. The largest absolute Gasteiger partial charge is 0.416 e. The second-order valence-corrected chi connectivity index (χ2v) is 3.47. The first-order chi connectivity index (χ1) is 7.30. The van der Waals surface area contributed by atoms with Gasteiger partial charge < -0.3 is 10.4 Å². The predicted molar refractivity (Wildman–Crippen MR) is 52.0 cm³/mol. The van der Waals surface area contributed by atoms with E-state index in [1.54, 1.807) is 0 Å². The summed E-state index contributed by atoms with van der Waals surface area (Å²) in [6.45, 7) is -0.785. The number of halogens is 5. The van der Waals surface area contributed by atoms with Gasteiger partial charge in [-0.25, -0.2) is 4.39 Å². The Hall–Kier alpha value is -1.01. The van der Waals surface area contributed by atoms with Crippen LogP contribution in [0.3, 0.4) is 0 Å². The first kappa shape index (κ1) is 13.1. The molecule has 0 heterocycles. The summed E-state index contributed by atoms with van der Waals surface area (Å²) in [5.74, 6) is -0.631. The first-order valence-electron chi connectivity index (χ1n) is 4.24. The number of hydrogen-bond acceptors (Lipinski definition) is 2. The number of benzene rings is 1. The SMILES string of the molecule is OC(CNc1cc(F)ccc1Cl)C(F)(F)F. The molecule has 90 valence electrons. The number of anilines is 1. The molecule has 16 heavy (non-hydrogen) atoms. The fourth-order valence-electron chi connectivity index (χ4n) is 0.955. The van der Waals surface area contributed by atoms with E-state index >= 15 is 0 Å². The van der Waals surface area contributed by atoms with Crippen molar-refractivity contribution in [2.45, 2.75) is 12.3 Å². The van der Waals surface area contributed by atoms with Crippen molar-refractivity contribution < 1.29 is 22.7 Å². The maximum absolute atomic E-state index is 12.7. The van der Waals surface area contributed by atoms with Crippen molar-refractivity contribution >= 4 is 17.3 Å². The van der Waals surface area contributed by atoms with Crippen molar-refractivity contribution in [3.8, 4) is 0 Å². The van der Waals surface area contributed by atoms with Crippen LogP contribution in [0.4, 0.5) is 23.2 Å². The Kier molecular flexibility index (Phi) is 3.98. The molecule has 1 rings (SSSR count). The molecule has 0 saturated heterocycles. The van der Waals surface area contributed by atoms with E-state index in [0.29, 0.717) is 0 Å². The van der Waals surface area contributed by atoms with Crippen LogP contribution in [-0.4, -0.2) is 23.9 Å². The van der Waals surface area contributed by atoms with E-state index in [-0.39, 0.29) is 10.7 Å². The van der Waals surface area contributed by atoms with Crippen molar-refractivity contribution in [2.75, 3.05) is 11.9 Å². The van der Waals surface area contributed by atoms with Gasteiger partial charge in [-0.2, -0.15) is 13.2 Å². The summed E-state index contributed by atoms with van der Waals surface area (Å²) < 4.78 is 48.5. The predicted octanol–water partition coefficient (Wildman–Crippen LogP) is 2.81. The molecule has 1 aromatic carbocycles. The summed E-state index contributed by atoms with van der Waals surface area (Å²) in [4.78, 5) is 0. The molecule has 1 unspecified atom stereocenters. The zero-order valence-corrected chi connectivity index (χ0v) is 8.61. The second-order valence-electron chi connectivity index (χ2n) is 3.06. The summed E-state index contributed by atoms with van der Waals surface area (Å²) in [6, 6.07) is 3.23. The van der Waals surface area contributed by atoms with Gasteiger partial charge >= 0.3 is 6.18 Å². The van der Waals surface area contributed by atoms with Gasteiger partial charge in [-0.1, -0.05) is 11.6 Å². The van der Waals surface area contributed by atoms with Gasteiger partial charge in [-0.3, -0.25) is 0 Å². The minimum Gasteiger partial charge on any atom is -0.382 e. The topological polar surface area (TPSA) is 32.3 Å². The smallest absolute Gasteiger partial charge is 0.382 e. The number of alkyl halides is 3. The molecule has 0 aliphatic heterocycles. The zero-order chi connectivity index (χ0) is 12.3. The van der Waals surface area contributed by atoms with E-state index < -0.39 is 24.6 Å². The van der Waals surface area contributed by atoms with E-state index in [0.717, 1.165) is 12.1 Å². The van der Waals surface area contributed by atoms with Gasteiger partial charge in [-0.05, 0) is 18.2 Å². The van der Waals surface area contributed by atoms with Gasteiger partial charge in [0.2, 0.25) is 0 Å². The van der Waals surface area contributed by atoms with E-state index in [1.165, 1.54) is 6.07 Å². The van der Waals surface area contributed by atoms with Crippen molar-refractivity contribution in [1.82, 2.24) is 0 Å². The Morgan fingerprint density at radius 2 is 2.00 bits per heavy atom. The van der Waals surface area contributed by atoms with E-state index in [1.807, 2.05) is 0 Å². The lowest BCUT2D eigenvalue weighted by atomic mass is 10.3. The Balaban J connectivity index is 2.64. The molecule has 1 atom stereocenters. The van der Waals surface area contributed by atoms with Crippen LogP contribution in [0.5, 0.6) is 0 Å². The summed E-state index contributed by atoms with van der Waals surface area (Å²) in [5, 5.41) is 11.0. The van der Waals surface area contributed by atoms with Crippen LogP contribution in [-0.2, 0) is 0 Å². The highest BCUT2D eigenvalue weighted by Crippen LogP contribution is 2.24. The number of aliphatic hydroxyl groups excluding tert-OH is 1. The third kappa shape index (κ3) is 3.53. The molecular weight excluding hydrogens is 250 g/mol. The van der Waals surface area contributed by atoms with Gasteiger partial charge in [0.1, 0.15) is 5.82 Å². The Bertz CT molecular complexity index is 369. The highest BCUT2D eigenvalue weighted by molar-refractivity contribution is 6.33. The van der Waals surface area contributed by atoms with Gasteiger partial charge in [0, 0.05) is 6.54 Å². The second kappa shape index (κ2) is 4.88. The lowest BCUT2D eigenvalue weighted by molar-refractivity contribution is -0.198. The number of rotatable bonds is 3. The minimum absolute atomic E-state index is 0.00460. The van der Waals surface area contributed by atoms with Gasteiger partial charge in [0.15, 0.2) is 6.10 Å². The average molecular weight is 258 g/mol. The van der Waals surface area contributed by atoms with E-state index in [2.05, 4.69) is 5.32 Å². The molecule has 2 nitrogen and oxygen atoms in total. The number of nitrogens with one attached hydrogen (secondary N) is 1. The van der Waals surface area contributed by atoms with Gasteiger partial charge in [0.05, 0.1) is 10.7 Å². The molecule has 1 aromatic rings. The molecule has 0 aliphatic rings. The maximum Gasteiger partial charge on any atom is 0.416 e. The Morgan fingerprint density at radius 1 is 1.38 bits per heavy atom. The van der Waals surface area contributed by atoms with E-state index in [9.17, 15) is 17.6 Å². The van der Waals surface area contributed by atoms with Crippen LogP contribution >= 0.6 is 11.6 Å². The highest BCUT2D eigenvalue weighted by Gasteiger charge is 2.37. The number of aliphatic hydroxyl groups is 1. The van der Waals surface area contributed by atoms with Crippen molar-refractivity contribution in [3.05, 3.63) is 29.0 Å². The molecular formula is C9H8ClF4NO. The monoisotopic (exact) mass is 257 g/mol. The Labute approximate surface area is 93.8 Å². The Morgan fingerprint density at radius 3 is 2.56 bits per heavy atom. The first-order valence-corrected chi connectivity index (χ1v) is 4.62. The van der Waals surface area contributed by atoms with Crippen molar-refractivity contribution in [3.63, 3.8) is 0 Å². The molecule has 0 saturated carbocycles. The molecule has 0 spiro atoms. The molecule has 7 heteroatoms. The molecule has 0 bridgehead atoms. The molecule has 0 amide bonds. The van der Waals surface area contributed by atoms with Crippen LogP contribution in [0.1, 0.15) is 0 Å². The van der Waals surface area contributed by atoms with Crippen LogP contribution in [0.25, 0.3) is 0 Å². The van der Waals surface area contributed by atoms with Crippen molar-refractivity contribution in [2.24, 2.45) is 0 Å². The van der Waals surface area contributed by atoms with Crippen molar-refractivity contribution in [1.29, 1.82) is 0 Å². The summed E-state index contributed by atoms with van der Waals surface area (Å²) in [6.07, 6.45) is -7.24. The molecule has 0 aromatic heterocycles. The van der Waals surface area contributed by atoms with Gasteiger partial charge in [0.25, 0.3) is 0 Å². The third-order valence-corrected chi connectivity index (χ3v) is 2.12. The molecule has 0 aliphatic carbocycles. The van der Waals surface area contributed by atoms with Crippen LogP contribution in [0, 0.1) is 5.82 Å².